The molecule has 3 rings (SSSR count). The standard InChI is InChI=1S/C17H28N4O2/c1-11-8-14(12(2)23-11)9-19-17(22)15-10-18-16(20-15)13-4-6-21(3)7-5-13/h10-14H,4-9H2,1-3H3,(H,18,20)(H,19,22). The molecule has 0 radical (unpaired) electrons. The smallest absolute Gasteiger partial charge is 0.269 e. The summed E-state index contributed by atoms with van der Waals surface area (Å²) < 4.78 is 5.73. The fraction of sp³-hybridized carbons (Fsp3) is 0.765. The van der Waals surface area contributed by atoms with Crippen LogP contribution in [0.4, 0.5) is 0 Å². The van der Waals surface area contributed by atoms with Gasteiger partial charge in [0.1, 0.15) is 11.5 Å². The molecule has 128 valence electrons. The van der Waals surface area contributed by atoms with Crippen molar-refractivity contribution in [2.45, 2.75) is 51.2 Å². The normalized spacial score (nSPS) is 29.8. The summed E-state index contributed by atoms with van der Waals surface area (Å²) in [5.41, 5.74) is 0.568. The van der Waals surface area contributed by atoms with Gasteiger partial charge in [0.15, 0.2) is 0 Å². The molecule has 6 heteroatoms. The minimum Gasteiger partial charge on any atom is -0.375 e. The summed E-state index contributed by atoms with van der Waals surface area (Å²) in [4.78, 5) is 22.3. The van der Waals surface area contributed by atoms with Crippen LogP contribution in [0.25, 0.3) is 0 Å². The number of amides is 1. The summed E-state index contributed by atoms with van der Waals surface area (Å²) in [5.74, 6) is 1.72. The number of carbonyl (C=O) groups is 1. The van der Waals surface area contributed by atoms with Gasteiger partial charge in [0.25, 0.3) is 5.91 Å². The van der Waals surface area contributed by atoms with Gasteiger partial charge in [-0.1, -0.05) is 0 Å². The first kappa shape index (κ1) is 16.5. The number of aromatic nitrogens is 2. The molecule has 2 saturated heterocycles. The average Bonchev–Trinajstić information content (AvgIpc) is 3.12. The number of carbonyl (C=O) groups excluding carboxylic acids is 1. The van der Waals surface area contributed by atoms with Crippen molar-refractivity contribution >= 4 is 5.91 Å². The van der Waals surface area contributed by atoms with Crippen molar-refractivity contribution in [3.63, 3.8) is 0 Å². The molecule has 3 atom stereocenters. The van der Waals surface area contributed by atoms with Gasteiger partial charge in [0.05, 0.1) is 18.4 Å². The number of nitrogens with one attached hydrogen (secondary N) is 2. The highest BCUT2D eigenvalue weighted by atomic mass is 16.5. The van der Waals surface area contributed by atoms with Crippen LogP contribution >= 0.6 is 0 Å². The number of nitrogens with zero attached hydrogens (tertiary/aromatic N) is 2. The molecule has 2 aliphatic rings. The second-order valence-corrected chi connectivity index (χ2v) is 7.12. The molecule has 0 bridgehead atoms. The Hall–Kier alpha value is -1.40. The van der Waals surface area contributed by atoms with Crippen LogP contribution in [0.2, 0.25) is 0 Å². The predicted octanol–water partition coefficient (Wildman–Crippen LogP) is 1.76. The van der Waals surface area contributed by atoms with Gasteiger partial charge in [-0.3, -0.25) is 4.79 Å². The molecule has 0 aliphatic carbocycles. The Morgan fingerprint density at radius 2 is 2.17 bits per heavy atom. The number of piperidine rings is 1. The first-order valence-corrected chi connectivity index (χ1v) is 8.70. The Labute approximate surface area is 138 Å². The quantitative estimate of drug-likeness (QED) is 0.887. The SMILES string of the molecule is CC1CC(CNC(=O)c2cnc(C3CCN(C)CC3)[nH]2)C(C)O1. The lowest BCUT2D eigenvalue weighted by molar-refractivity contribution is 0.0557. The van der Waals surface area contributed by atoms with Crippen molar-refractivity contribution in [3.8, 4) is 0 Å². The van der Waals surface area contributed by atoms with E-state index in [4.69, 9.17) is 4.74 Å². The second-order valence-electron chi connectivity index (χ2n) is 7.12. The Bertz CT molecular complexity index is 536. The van der Waals surface area contributed by atoms with Gasteiger partial charge in [-0.2, -0.15) is 0 Å². The number of hydrogen-bond acceptors (Lipinski definition) is 4. The molecule has 0 saturated carbocycles. The zero-order valence-corrected chi connectivity index (χ0v) is 14.3. The number of likely N-dealkylation sites (tertiary alicyclic amines) is 1. The lowest BCUT2D eigenvalue weighted by atomic mass is 9.97. The van der Waals surface area contributed by atoms with E-state index >= 15 is 0 Å². The first-order chi connectivity index (χ1) is 11.0. The van der Waals surface area contributed by atoms with Crippen LogP contribution in [-0.2, 0) is 4.74 Å². The summed E-state index contributed by atoms with van der Waals surface area (Å²) in [6.07, 6.45) is 5.36. The fourth-order valence-electron chi connectivity index (χ4n) is 3.66. The Balaban J connectivity index is 1.52. The third-order valence-electron chi connectivity index (χ3n) is 5.22. The van der Waals surface area contributed by atoms with Gasteiger partial charge < -0.3 is 19.9 Å². The molecular weight excluding hydrogens is 292 g/mol. The van der Waals surface area contributed by atoms with E-state index in [0.717, 1.165) is 38.2 Å². The Morgan fingerprint density at radius 1 is 1.43 bits per heavy atom. The lowest BCUT2D eigenvalue weighted by Gasteiger charge is -2.27. The maximum Gasteiger partial charge on any atom is 0.269 e. The molecule has 2 aliphatic heterocycles. The molecule has 23 heavy (non-hydrogen) atoms. The highest BCUT2D eigenvalue weighted by Crippen LogP contribution is 2.26. The number of rotatable bonds is 4. The van der Waals surface area contributed by atoms with Gasteiger partial charge >= 0.3 is 0 Å². The molecule has 3 unspecified atom stereocenters. The van der Waals surface area contributed by atoms with Crippen LogP contribution in [0.1, 0.15) is 55.3 Å². The molecular formula is C17H28N4O2. The number of imidazole rings is 1. The molecule has 6 nitrogen and oxygen atoms in total. The summed E-state index contributed by atoms with van der Waals surface area (Å²) in [6, 6.07) is 0. The zero-order chi connectivity index (χ0) is 16.4. The van der Waals surface area contributed by atoms with Crippen LogP contribution in [0, 0.1) is 5.92 Å². The first-order valence-electron chi connectivity index (χ1n) is 8.70. The number of aromatic amines is 1. The minimum absolute atomic E-state index is 0.0663. The minimum atomic E-state index is -0.0663. The van der Waals surface area contributed by atoms with Crippen molar-refractivity contribution < 1.29 is 9.53 Å². The van der Waals surface area contributed by atoms with Gasteiger partial charge in [0, 0.05) is 18.4 Å². The topological polar surface area (TPSA) is 70.2 Å². The molecule has 0 aromatic carbocycles. The average molecular weight is 320 g/mol. The van der Waals surface area contributed by atoms with Crippen LogP contribution < -0.4 is 5.32 Å². The van der Waals surface area contributed by atoms with Crippen molar-refractivity contribution in [3.05, 3.63) is 17.7 Å². The molecule has 1 aromatic heterocycles. The van der Waals surface area contributed by atoms with E-state index in [0.29, 0.717) is 24.1 Å². The summed E-state index contributed by atoms with van der Waals surface area (Å²) in [5, 5.41) is 3.02. The van der Waals surface area contributed by atoms with Crippen LogP contribution in [0.3, 0.4) is 0 Å². The van der Waals surface area contributed by atoms with E-state index in [9.17, 15) is 4.79 Å². The zero-order valence-electron chi connectivity index (χ0n) is 14.3. The summed E-state index contributed by atoms with van der Waals surface area (Å²) in [6.45, 7) is 7.00. The lowest BCUT2D eigenvalue weighted by Crippen LogP contribution is -2.32. The number of H-pyrrole nitrogens is 1. The molecule has 2 fully saturated rings. The Morgan fingerprint density at radius 3 is 2.83 bits per heavy atom. The van der Waals surface area contributed by atoms with E-state index in [2.05, 4.69) is 41.1 Å². The molecule has 2 N–H and O–H groups in total. The van der Waals surface area contributed by atoms with Crippen molar-refractivity contribution in [1.29, 1.82) is 0 Å². The van der Waals surface area contributed by atoms with E-state index < -0.39 is 0 Å². The van der Waals surface area contributed by atoms with Gasteiger partial charge in [-0.25, -0.2) is 4.98 Å². The highest BCUT2D eigenvalue weighted by molar-refractivity contribution is 5.92. The highest BCUT2D eigenvalue weighted by Gasteiger charge is 2.30. The fourth-order valence-corrected chi connectivity index (χ4v) is 3.66. The molecule has 0 spiro atoms. The van der Waals surface area contributed by atoms with Gasteiger partial charge in [-0.05, 0) is 53.2 Å². The van der Waals surface area contributed by atoms with Crippen LogP contribution in [0.5, 0.6) is 0 Å². The van der Waals surface area contributed by atoms with E-state index in [1.807, 2.05) is 0 Å². The molecule has 3 heterocycles. The largest absolute Gasteiger partial charge is 0.375 e. The molecule has 1 amide bonds. The number of hydrogen-bond donors (Lipinski definition) is 2. The van der Waals surface area contributed by atoms with Crippen molar-refractivity contribution in [1.82, 2.24) is 20.2 Å². The van der Waals surface area contributed by atoms with E-state index in [1.54, 1.807) is 6.20 Å². The monoisotopic (exact) mass is 320 g/mol. The summed E-state index contributed by atoms with van der Waals surface area (Å²) in [7, 11) is 2.14. The van der Waals surface area contributed by atoms with Crippen LogP contribution in [0.15, 0.2) is 6.20 Å². The summed E-state index contributed by atoms with van der Waals surface area (Å²) >= 11 is 0. The molecule has 1 aromatic rings. The third-order valence-corrected chi connectivity index (χ3v) is 5.22. The van der Waals surface area contributed by atoms with Gasteiger partial charge in [0.2, 0.25) is 0 Å². The van der Waals surface area contributed by atoms with Crippen LogP contribution in [-0.4, -0.2) is 59.7 Å². The Kier molecular flexibility index (Phi) is 5.02. The predicted molar refractivity (Wildman–Crippen MR) is 88.5 cm³/mol. The van der Waals surface area contributed by atoms with E-state index in [-0.39, 0.29) is 18.1 Å². The van der Waals surface area contributed by atoms with Crippen molar-refractivity contribution in [2.24, 2.45) is 5.92 Å². The van der Waals surface area contributed by atoms with Crippen molar-refractivity contribution in [2.75, 3.05) is 26.7 Å². The third kappa shape index (κ3) is 3.93. The number of ether oxygens (including phenoxy) is 1. The van der Waals surface area contributed by atoms with Gasteiger partial charge in [-0.15, -0.1) is 0 Å². The second kappa shape index (κ2) is 7.01. The maximum absolute atomic E-state index is 12.3. The maximum atomic E-state index is 12.3. The van der Waals surface area contributed by atoms with E-state index in [1.165, 1.54) is 0 Å².